The van der Waals surface area contributed by atoms with E-state index in [4.69, 9.17) is 0 Å². The summed E-state index contributed by atoms with van der Waals surface area (Å²) in [6.07, 6.45) is 2.52. The number of aryl methyl sites for hydroxylation is 1. The van der Waals surface area contributed by atoms with Crippen molar-refractivity contribution in [3.05, 3.63) is 23.8 Å². The summed E-state index contributed by atoms with van der Waals surface area (Å²) in [5.74, 6) is 0.0640. The van der Waals surface area contributed by atoms with Crippen LogP contribution < -0.4 is 10.2 Å². The van der Waals surface area contributed by atoms with E-state index in [9.17, 15) is 4.79 Å². The fourth-order valence-corrected chi connectivity index (χ4v) is 2.23. The van der Waals surface area contributed by atoms with Crippen molar-refractivity contribution in [2.45, 2.75) is 40.5 Å². The third kappa shape index (κ3) is 3.28. The van der Waals surface area contributed by atoms with E-state index in [2.05, 4.69) is 28.4 Å². The topological polar surface area (TPSA) is 32.3 Å². The van der Waals surface area contributed by atoms with Crippen LogP contribution in [-0.4, -0.2) is 19.0 Å². The number of rotatable bonds is 2. The summed E-state index contributed by atoms with van der Waals surface area (Å²) in [4.78, 5) is 14.5. The minimum Gasteiger partial charge on any atom is -0.371 e. The van der Waals surface area contributed by atoms with Crippen LogP contribution in [0.25, 0.3) is 0 Å². The van der Waals surface area contributed by atoms with Gasteiger partial charge in [-0.3, -0.25) is 4.79 Å². The first-order valence-electron chi connectivity index (χ1n) is 7.05. The molecule has 104 valence electrons. The van der Waals surface area contributed by atoms with Crippen LogP contribution in [0.15, 0.2) is 18.2 Å². The van der Waals surface area contributed by atoms with Crippen molar-refractivity contribution < 1.29 is 4.79 Å². The highest BCUT2D eigenvalue weighted by Crippen LogP contribution is 2.27. The molecule has 1 heterocycles. The van der Waals surface area contributed by atoms with E-state index >= 15 is 0 Å². The van der Waals surface area contributed by atoms with Crippen molar-refractivity contribution in [3.8, 4) is 0 Å². The molecule has 0 bridgehead atoms. The Morgan fingerprint density at radius 1 is 1.21 bits per heavy atom. The Morgan fingerprint density at radius 2 is 1.84 bits per heavy atom. The second-order valence-electron chi connectivity index (χ2n) is 6.40. The van der Waals surface area contributed by atoms with Gasteiger partial charge in [0.25, 0.3) is 0 Å². The molecule has 3 heteroatoms. The molecule has 1 aliphatic heterocycles. The first kappa shape index (κ1) is 13.9. The first-order chi connectivity index (χ1) is 8.88. The average Bonchev–Trinajstić information content (AvgIpc) is 2.84. The molecule has 0 atom stereocenters. The third-order valence-electron chi connectivity index (χ3n) is 3.62. The molecule has 0 spiro atoms. The van der Waals surface area contributed by atoms with Crippen LogP contribution in [0.4, 0.5) is 11.4 Å². The molecule has 0 saturated carbocycles. The Kier molecular flexibility index (Phi) is 3.83. The highest BCUT2D eigenvalue weighted by molar-refractivity contribution is 5.95. The second kappa shape index (κ2) is 5.24. The van der Waals surface area contributed by atoms with Crippen molar-refractivity contribution in [2.24, 2.45) is 5.41 Å². The molecule has 3 nitrogen and oxygen atoms in total. The van der Waals surface area contributed by atoms with E-state index in [1.807, 2.05) is 27.7 Å². The summed E-state index contributed by atoms with van der Waals surface area (Å²) in [5, 5.41) is 3.05. The fourth-order valence-electron chi connectivity index (χ4n) is 2.23. The third-order valence-corrected chi connectivity index (χ3v) is 3.62. The van der Waals surface area contributed by atoms with Gasteiger partial charge in [-0.15, -0.1) is 0 Å². The Hall–Kier alpha value is -1.51. The second-order valence-corrected chi connectivity index (χ2v) is 6.40. The van der Waals surface area contributed by atoms with Crippen molar-refractivity contribution in [2.75, 3.05) is 23.3 Å². The van der Waals surface area contributed by atoms with Crippen molar-refractivity contribution in [1.29, 1.82) is 0 Å². The molecule has 19 heavy (non-hydrogen) atoms. The van der Waals surface area contributed by atoms with E-state index in [1.165, 1.54) is 18.5 Å². The van der Waals surface area contributed by atoms with Crippen LogP contribution in [0, 0.1) is 12.3 Å². The smallest absolute Gasteiger partial charge is 0.229 e. The number of hydrogen-bond donors (Lipinski definition) is 1. The van der Waals surface area contributed by atoms with E-state index in [-0.39, 0.29) is 11.3 Å². The predicted octanol–water partition coefficient (Wildman–Crippen LogP) is 3.58. The molecule has 1 fully saturated rings. The van der Waals surface area contributed by atoms with Gasteiger partial charge in [-0.05, 0) is 37.5 Å². The average molecular weight is 260 g/mol. The van der Waals surface area contributed by atoms with E-state index in [0.29, 0.717) is 0 Å². The van der Waals surface area contributed by atoms with Crippen LogP contribution in [-0.2, 0) is 4.79 Å². The van der Waals surface area contributed by atoms with Gasteiger partial charge in [0.2, 0.25) is 5.91 Å². The maximum Gasteiger partial charge on any atom is 0.229 e. The molecule has 1 saturated heterocycles. The molecular formula is C16H24N2O. The quantitative estimate of drug-likeness (QED) is 0.881. The number of nitrogens with one attached hydrogen (secondary N) is 1. The van der Waals surface area contributed by atoms with Gasteiger partial charge >= 0.3 is 0 Å². The summed E-state index contributed by atoms with van der Waals surface area (Å²) in [6, 6.07) is 6.34. The lowest BCUT2D eigenvalue weighted by Crippen LogP contribution is -2.28. The van der Waals surface area contributed by atoms with Gasteiger partial charge in [0.05, 0.1) is 0 Å². The van der Waals surface area contributed by atoms with Gasteiger partial charge in [0.1, 0.15) is 0 Å². The van der Waals surface area contributed by atoms with Crippen molar-refractivity contribution in [3.63, 3.8) is 0 Å². The number of hydrogen-bond acceptors (Lipinski definition) is 2. The SMILES string of the molecule is Cc1ccc(N2CCCC2)cc1NC(=O)C(C)(C)C. The normalized spacial score (nSPS) is 15.7. The largest absolute Gasteiger partial charge is 0.371 e. The summed E-state index contributed by atoms with van der Waals surface area (Å²) in [6.45, 7) is 10.1. The van der Waals surface area contributed by atoms with Crippen LogP contribution in [0.5, 0.6) is 0 Å². The lowest BCUT2D eigenvalue weighted by molar-refractivity contribution is -0.123. The minimum absolute atomic E-state index is 0.0640. The number of nitrogens with zero attached hydrogens (tertiary/aromatic N) is 1. The summed E-state index contributed by atoms with van der Waals surface area (Å²) < 4.78 is 0. The fraction of sp³-hybridized carbons (Fsp3) is 0.562. The number of amides is 1. The molecule has 0 radical (unpaired) electrons. The zero-order chi connectivity index (χ0) is 14.0. The Labute approximate surface area is 116 Å². The minimum atomic E-state index is -0.365. The monoisotopic (exact) mass is 260 g/mol. The maximum atomic E-state index is 12.1. The number of carbonyl (C=O) groups is 1. The Morgan fingerprint density at radius 3 is 2.42 bits per heavy atom. The van der Waals surface area contributed by atoms with Gasteiger partial charge in [0, 0.05) is 29.9 Å². The summed E-state index contributed by atoms with van der Waals surface area (Å²) >= 11 is 0. The number of carbonyl (C=O) groups excluding carboxylic acids is 1. The molecule has 0 aromatic heterocycles. The van der Waals surface area contributed by atoms with E-state index in [1.54, 1.807) is 0 Å². The Bertz CT molecular complexity index is 468. The van der Waals surface area contributed by atoms with Crippen LogP contribution in [0.3, 0.4) is 0 Å². The lowest BCUT2D eigenvalue weighted by atomic mass is 9.95. The van der Waals surface area contributed by atoms with Gasteiger partial charge in [-0.1, -0.05) is 26.8 Å². The molecule has 2 rings (SSSR count). The van der Waals surface area contributed by atoms with Crippen molar-refractivity contribution in [1.82, 2.24) is 0 Å². The maximum absolute atomic E-state index is 12.1. The standard InChI is InChI=1S/C16H24N2O/c1-12-7-8-13(18-9-5-6-10-18)11-14(12)17-15(19)16(2,3)4/h7-8,11H,5-6,9-10H2,1-4H3,(H,17,19). The van der Waals surface area contributed by atoms with Gasteiger partial charge in [0.15, 0.2) is 0 Å². The zero-order valence-corrected chi connectivity index (χ0v) is 12.4. The summed E-state index contributed by atoms with van der Waals surface area (Å²) in [5.41, 5.74) is 2.90. The highest BCUT2D eigenvalue weighted by Gasteiger charge is 2.22. The Balaban J connectivity index is 2.20. The number of benzene rings is 1. The first-order valence-corrected chi connectivity index (χ1v) is 7.05. The molecular weight excluding hydrogens is 236 g/mol. The molecule has 1 aromatic rings. The van der Waals surface area contributed by atoms with Gasteiger partial charge in [-0.2, -0.15) is 0 Å². The van der Waals surface area contributed by atoms with Crippen LogP contribution in [0.1, 0.15) is 39.2 Å². The van der Waals surface area contributed by atoms with Crippen LogP contribution >= 0.6 is 0 Å². The molecule has 0 aliphatic carbocycles. The summed E-state index contributed by atoms with van der Waals surface area (Å²) in [7, 11) is 0. The van der Waals surface area contributed by atoms with Crippen molar-refractivity contribution >= 4 is 17.3 Å². The molecule has 1 amide bonds. The van der Waals surface area contributed by atoms with Gasteiger partial charge < -0.3 is 10.2 Å². The molecule has 1 N–H and O–H groups in total. The molecule has 0 unspecified atom stereocenters. The lowest BCUT2D eigenvalue weighted by Gasteiger charge is -2.22. The van der Waals surface area contributed by atoms with E-state index in [0.717, 1.165) is 24.3 Å². The molecule has 1 aliphatic rings. The van der Waals surface area contributed by atoms with Gasteiger partial charge in [-0.25, -0.2) is 0 Å². The van der Waals surface area contributed by atoms with E-state index < -0.39 is 0 Å². The number of anilines is 2. The molecule has 1 aromatic carbocycles. The zero-order valence-electron chi connectivity index (χ0n) is 12.4. The van der Waals surface area contributed by atoms with Crippen LogP contribution in [0.2, 0.25) is 0 Å². The predicted molar refractivity (Wildman–Crippen MR) is 80.7 cm³/mol. The highest BCUT2D eigenvalue weighted by atomic mass is 16.2.